The maximum atomic E-state index is 12.8. The first-order chi connectivity index (χ1) is 12.0. The molecule has 0 bridgehead atoms. The van der Waals surface area contributed by atoms with Gasteiger partial charge in [0.15, 0.2) is 11.5 Å². The van der Waals surface area contributed by atoms with Gasteiger partial charge in [-0.15, -0.1) is 6.42 Å². The minimum Gasteiger partial charge on any atom is -0.486 e. The Morgan fingerprint density at radius 3 is 2.80 bits per heavy atom. The predicted octanol–water partition coefficient (Wildman–Crippen LogP) is -0.0258. The smallest absolute Gasteiger partial charge is 0.325 e. The zero-order valence-electron chi connectivity index (χ0n) is 13.6. The summed E-state index contributed by atoms with van der Waals surface area (Å²) >= 11 is 0. The molecule has 0 unspecified atom stereocenters. The van der Waals surface area contributed by atoms with Crippen molar-refractivity contribution in [3.8, 4) is 23.8 Å². The van der Waals surface area contributed by atoms with Crippen molar-refractivity contribution in [1.29, 1.82) is 0 Å². The highest BCUT2D eigenvalue weighted by atomic mass is 16.6. The van der Waals surface area contributed by atoms with Crippen LogP contribution in [0.3, 0.4) is 0 Å². The number of carbonyl (C=O) groups is 3. The van der Waals surface area contributed by atoms with E-state index in [-0.39, 0.29) is 6.54 Å². The Balaban J connectivity index is 1.82. The Hall–Kier alpha value is -3.21. The van der Waals surface area contributed by atoms with Crippen LogP contribution in [0.4, 0.5) is 4.79 Å². The Labute approximate surface area is 144 Å². The molecular formula is C17H17N3O5. The Morgan fingerprint density at radius 1 is 1.36 bits per heavy atom. The molecule has 1 aromatic carbocycles. The molecule has 2 aliphatic rings. The van der Waals surface area contributed by atoms with Crippen LogP contribution in [0.5, 0.6) is 11.5 Å². The molecule has 0 aromatic heterocycles. The second-order valence-electron chi connectivity index (χ2n) is 5.79. The second-order valence-corrected chi connectivity index (χ2v) is 5.79. The molecule has 3 rings (SSSR count). The number of fused-ring (bicyclic) bond motifs is 1. The molecule has 1 aromatic rings. The lowest BCUT2D eigenvalue weighted by molar-refractivity contribution is -0.134. The van der Waals surface area contributed by atoms with Crippen LogP contribution < -0.4 is 20.1 Å². The molecule has 0 saturated carbocycles. The zero-order valence-corrected chi connectivity index (χ0v) is 13.6. The minimum absolute atomic E-state index is 0.0297. The summed E-state index contributed by atoms with van der Waals surface area (Å²) in [6.07, 6.45) is 5.07. The topological polar surface area (TPSA) is 97.0 Å². The lowest BCUT2D eigenvalue weighted by Crippen LogP contribution is -2.43. The van der Waals surface area contributed by atoms with Gasteiger partial charge in [0.1, 0.15) is 25.3 Å². The molecule has 25 heavy (non-hydrogen) atoms. The van der Waals surface area contributed by atoms with E-state index in [1.807, 2.05) is 0 Å². The fraction of sp³-hybridized carbons (Fsp3) is 0.353. The van der Waals surface area contributed by atoms with Crippen molar-refractivity contribution >= 4 is 17.8 Å². The molecule has 0 spiro atoms. The molecule has 4 amide bonds. The summed E-state index contributed by atoms with van der Waals surface area (Å²) in [6.45, 7) is 2.08. The number of rotatable bonds is 4. The molecule has 1 fully saturated rings. The summed E-state index contributed by atoms with van der Waals surface area (Å²) in [7, 11) is 0. The van der Waals surface area contributed by atoms with Gasteiger partial charge in [-0.2, -0.15) is 0 Å². The van der Waals surface area contributed by atoms with E-state index in [0.29, 0.717) is 30.3 Å². The third kappa shape index (κ3) is 2.96. The fourth-order valence-electron chi connectivity index (χ4n) is 2.74. The molecule has 2 heterocycles. The predicted molar refractivity (Wildman–Crippen MR) is 86.9 cm³/mol. The zero-order chi connectivity index (χ0) is 18.0. The molecule has 1 atom stereocenters. The van der Waals surface area contributed by atoms with E-state index in [4.69, 9.17) is 15.9 Å². The van der Waals surface area contributed by atoms with E-state index in [0.717, 1.165) is 4.90 Å². The van der Waals surface area contributed by atoms with Crippen molar-refractivity contribution in [3.63, 3.8) is 0 Å². The molecule has 8 heteroatoms. The van der Waals surface area contributed by atoms with Crippen molar-refractivity contribution in [2.24, 2.45) is 0 Å². The van der Waals surface area contributed by atoms with Gasteiger partial charge in [-0.3, -0.25) is 14.5 Å². The third-order valence-corrected chi connectivity index (χ3v) is 4.08. The summed E-state index contributed by atoms with van der Waals surface area (Å²) < 4.78 is 11.0. The van der Waals surface area contributed by atoms with Gasteiger partial charge in [-0.25, -0.2) is 4.79 Å². The van der Waals surface area contributed by atoms with Crippen LogP contribution in [0.2, 0.25) is 0 Å². The van der Waals surface area contributed by atoms with Crippen molar-refractivity contribution in [2.75, 3.05) is 26.3 Å². The molecule has 0 radical (unpaired) electrons. The van der Waals surface area contributed by atoms with Gasteiger partial charge < -0.3 is 20.1 Å². The molecule has 2 aliphatic heterocycles. The van der Waals surface area contributed by atoms with Crippen LogP contribution in [0.15, 0.2) is 18.2 Å². The number of urea groups is 1. The number of imide groups is 1. The highest BCUT2D eigenvalue weighted by Crippen LogP contribution is 2.36. The molecule has 8 nitrogen and oxygen atoms in total. The maximum absolute atomic E-state index is 12.8. The van der Waals surface area contributed by atoms with Crippen molar-refractivity contribution in [1.82, 2.24) is 15.5 Å². The summed E-state index contributed by atoms with van der Waals surface area (Å²) in [5.41, 5.74) is -0.749. The Bertz CT molecular complexity index is 785. The van der Waals surface area contributed by atoms with Gasteiger partial charge in [0.25, 0.3) is 5.91 Å². The van der Waals surface area contributed by atoms with Gasteiger partial charge in [-0.1, -0.05) is 12.0 Å². The van der Waals surface area contributed by atoms with Crippen LogP contribution in [0, 0.1) is 12.3 Å². The number of ether oxygens (including phenoxy) is 2. The number of nitrogens with one attached hydrogen (secondary N) is 2. The average Bonchev–Trinajstić information content (AvgIpc) is 2.83. The van der Waals surface area contributed by atoms with E-state index >= 15 is 0 Å². The van der Waals surface area contributed by atoms with E-state index in [1.54, 1.807) is 25.1 Å². The fourth-order valence-corrected chi connectivity index (χ4v) is 2.74. The monoisotopic (exact) mass is 343 g/mol. The Kier molecular flexibility index (Phi) is 4.23. The maximum Gasteiger partial charge on any atom is 0.325 e. The first-order valence-electron chi connectivity index (χ1n) is 7.70. The molecule has 1 saturated heterocycles. The van der Waals surface area contributed by atoms with E-state index in [9.17, 15) is 14.4 Å². The number of hydrogen-bond acceptors (Lipinski definition) is 5. The Morgan fingerprint density at radius 2 is 2.08 bits per heavy atom. The largest absolute Gasteiger partial charge is 0.486 e. The number of terminal acetylenes is 1. The first-order valence-corrected chi connectivity index (χ1v) is 7.70. The minimum atomic E-state index is -1.29. The molecule has 0 aliphatic carbocycles. The van der Waals surface area contributed by atoms with Gasteiger partial charge in [0.05, 0.1) is 6.54 Å². The molecule has 130 valence electrons. The van der Waals surface area contributed by atoms with Crippen molar-refractivity contribution in [3.05, 3.63) is 23.8 Å². The quantitative estimate of drug-likeness (QED) is 0.591. The van der Waals surface area contributed by atoms with Crippen LogP contribution in [0.25, 0.3) is 0 Å². The molecule has 2 N–H and O–H groups in total. The standard InChI is InChI=1S/C17H17N3O5/c1-3-6-18-14(21)10-20-15(22)17(2,19-16(20)23)11-4-5-12-13(9-11)25-8-7-24-12/h1,4-5,9H,6-8,10H2,2H3,(H,18,21)(H,19,23)/t17-/m1/s1. The average molecular weight is 343 g/mol. The third-order valence-electron chi connectivity index (χ3n) is 4.08. The van der Waals surface area contributed by atoms with Crippen molar-refractivity contribution in [2.45, 2.75) is 12.5 Å². The van der Waals surface area contributed by atoms with Gasteiger partial charge >= 0.3 is 6.03 Å². The van der Waals surface area contributed by atoms with E-state index < -0.39 is 29.9 Å². The van der Waals surface area contributed by atoms with Crippen LogP contribution in [0.1, 0.15) is 12.5 Å². The van der Waals surface area contributed by atoms with Crippen LogP contribution in [-0.4, -0.2) is 49.0 Å². The van der Waals surface area contributed by atoms with Gasteiger partial charge in [-0.05, 0) is 24.6 Å². The normalized spacial score (nSPS) is 21.5. The first kappa shape index (κ1) is 16.6. The van der Waals surface area contributed by atoms with E-state index in [2.05, 4.69) is 16.6 Å². The lowest BCUT2D eigenvalue weighted by Gasteiger charge is -2.25. The highest BCUT2D eigenvalue weighted by molar-refractivity contribution is 6.09. The highest BCUT2D eigenvalue weighted by Gasteiger charge is 2.49. The summed E-state index contributed by atoms with van der Waals surface area (Å²) in [4.78, 5) is 37.6. The van der Waals surface area contributed by atoms with Crippen LogP contribution in [-0.2, 0) is 15.1 Å². The summed E-state index contributed by atoms with van der Waals surface area (Å²) in [6, 6.07) is 4.40. The SMILES string of the molecule is C#CCNC(=O)CN1C(=O)N[C@](C)(c2ccc3c(c2)OCCO3)C1=O. The lowest BCUT2D eigenvalue weighted by atomic mass is 9.91. The number of amides is 4. The van der Waals surface area contributed by atoms with Gasteiger partial charge in [0.2, 0.25) is 5.91 Å². The second kappa shape index (κ2) is 6.36. The van der Waals surface area contributed by atoms with E-state index in [1.165, 1.54) is 0 Å². The van der Waals surface area contributed by atoms with Gasteiger partial charge in [0, 0.05) is 0 Å². The number of carbonyl (C=O) groups excluding carboxylic acids is 3. The summed E-state index contributed by atoms with van der Waals surface area (Å²) in [5, 5.41) is 5.06. The molecular weight excluding hydrogens is 326 g/mol. The number of benzene rings is 1. The number of nitrogens with zero attached hydrogens (tertiary/aromatic N) is 1. The van der Waals surface area contributed by atoms with Crippen LogP contribution >= 0.6 is 0 Å². The summed E-state index contributed by atoms with van der Waals surface area (Å²) in [5.74, 6) is 2.32. The number of hydrogen-bond donors (Lipinski definition) is 2. The van der Waals surface area contributed by atoms with Crippen molar-refractivity contribution < 1.29 is 23.9 Å².